The lowest BCUT2D eigenvalue weighted by Crippen LogP contribution is -2.03. The van der Waals surface area contributed by atoms with Gasteiger partial charge in [0.2, 0.25) is 0 Å². The van der Waals surface area contributed by atoms with E-state index < -0.39 is 4.92 Å². The molecule has 0 heterocycles. The first-order chi connectivity index (χ1) is 9.59. The fourth-order valence-corrected chi connectivity index (χ4v) is 2.24. The molecular formula is C15H12ClNO3. The van der Waals surface area contributed by atoms with Gasteiger partial charge in [0.05, 0.1) is 9.95 Å². The molecule has 0 bridgehead atoms. The van der Waals surface area contributed by atoms with Gasteiger partial charge in [0.25, 0.3) is 5.69 Å². The molecule has 0 spiro atoms. The van der Waals surface area contributed by atoms with Crippen LogP contribution in [0.1, 0.15) is 22.3 Å². The van der Waals surface area contributed by atoms with E-state index >= 15 is 0 Å². The van der Waals surface area contributed by atoms with E-state index in [1.165, 1.54) is 12.1 Å². The Morgan fingerprint density at radius 3 is 2.45 bits per heavy atom. The minimum Gasteiger partial charge on any atom is -0.294 e. The first kappa shape index (κ1) is 14.2. The normalized spacial score (nSPS) is 10.2. The summed E-state index contributed by atoms with van der Waals surface area (Å²) < 4.78 is 0. The van der Waals surface area contributed by atoms with Crippen molar-refractivity contribution in [2.75, 3.05) is 0 Å². The van der Waals surface area contributed by atoms with Gasteiger partial charge in [-0.15, -0.1) is 0 Å². The van der Waals surface area contributed by atoms with Gasteiger partial charge in [0.15, 0.2) is 5.78 Å². The van der Waals surface area contributed by atoms with Crippen LogP contribution in [0.5, 0.6) is 0 Å². The van der Waals surface area contributed by atoms with Crippen molar-refractivity contribution < 1.29 is 9.72 Å². The molecule has 0 radical (unpaired) electrons. The summed E-state index contributed by atoms with van der Waals surface area (Å²) in [5.74, 6) is -0.0557. The van der Waals surface area contributed by atoms with Gasteiger partial charge in [0, 0.05) is 23.6 Å². The molecule has 2 aromatic rings. The number of hydrogen-bond acceptors (Lipinski definition) is 3. The van der Waals surface area contributed by atoms with Crippen LogP contribution in [0.3, 0.4) is 0 Å². The molecule has 102 valence electrons. The Morgan fingerprint density at radius 1 is 1.10 bits per heavy atom. The van der Waals surface area contributed by atoms with E-state index in [0.29, 0.717) is 16.1 Å². The maximum Gasteiger partial charge on any atom is 0.274 e. The summed E-state index contributed by atoms with van der Waals surface area (Å²) in [7, 11) is 0. The number of nitro benzene ring substituents is 1. The Kier molecular flexibility index (Phi) is 4.48. The van der Waals surface area contributed by atoms with E-state index in [9.17, 15) is 14.9 Å². The third kappa shape index (κ3) is 3.22. The Balaban J connectivity index is 2.16. The van der Waals surface area contributed by atoms with Crippen LogP contribution in [0.4, 0.5) is 5.69 Å². The van der Waals surface area contributed by atoms with E-state index in [-0.39, 0.29) is 24.3 Å². The van der Waals surface area contributed by atoms with Crippen molar-refractivity contribution in [3.8, 4) is 0 Å². The molecule has 0 aliphatic carbocycles. The Labute approximate surface area is 121 Å². The van der Waals surface area contributed by atoms with Gasteiger partial charge in [-0.3, -0.25) is 14.9 Å². The molecule has 4 nitrogen and oxygen atoms in total. The minimum absolute atomic E-state index is 0.0432. The summed E-state index contributed by atoms with van der Waals surface area (Å²) in [4.78, 5) is 22.5. The molecule has 2 rings (SSSR count). The van der Waals surface area contributed by atoms with Crippen LogP contribution < -0.4 is 0 Å². The van der Waals surface area contributed by atoms with Crippen molar-refractivity contribution in [3.63, 3.8) is 0 Å². The number of nitrogens with zero attached hydrogens (tertiary/aromatic N) is 1. The average molecular weight is 290 g/mol. The molecule has 0 aliphatic heterocycles. The third-order valence-corrected chi connectivity index (χ3v) is 3.34. The van der Waals surface area contributed by atoms with E-state index in [4.69, 9.17) is 11.6 Å². The maximum atomic E-state index is 12.0. The second-order valence-corrected chi connectivity index (χ2v) is 4.69. The molecule has 5 heteroatoms. The molecule has 0 N–H and O–H groups in total. The van der Waals surface area contributed by atoms with Gasteiger partial charge in [-0.05, 0) is 12.5 Å². The zero-order chi connectivity index (χ0) is 14.5. The van der Waals surface area contributed by atoms with E-state index in [1.54, 1.807) is 30.3 Å². The van der Waals surface area contributed by atoms with E-state index in [1.807, 2.05) is 6.07 Å². The highest BCUT2D eigenvalue weighted by Crippen LogP contribution is 2.27. The standard InChI is InChI=1S/C15H12ClNO3/c16-13-7-4-8-14(17(19)20)12(13)9-10-15(18)11-5-2-1-3-6-11/h1-8H,9-10H2. The number of rotatable bonds is 5. The monoisotopic (exact) mass is 289 g/mol. The summed E-state index contributed by atoms with van der Waals surface area (Å²) in [6, 6.07) is 13.4. The maximum absolute atomic E-state index is 12.0. The lowest BCUT2D eigenvalue weighted by atomic mass is 10.0. The van der Waals surface area contributed by atoms with Crippen molar-refractivity contribution in [2.45, 2.75) is 12.8 Å². The molecule has 0 fully saturated rings. The van der Waals surface area contributed by atoms with Crippen LogP contribution in [0.2, 0.25) is 5.02 Å². The average Bonchev–Trinajstić information content (AvgIpc) is 2.46. The first-order valence-corrected chi connectivity index (χ1v) is 6.47. The van der Waals surface area contributed by atoms with Gasteiger partial charge < -0.3 is 0 Å². The fraction of sp³-hybridized carbons (Fsp3) is 0.133. The molecule has 0 aliphatic rings. The molecule has 0 unspecified atom stereocenters. The Bertz CT molecular complexity index is 641. The number of nitro groups is 1. The van der Waals surface area contributed by atoms with Crippen molar-refractivity contribution in [2.24, 2.45) is 0 Å². The predicted octanol–water partition coefficient (Wildman–Crippen LogP) is 4.06. The zero-order valence-electron chi connectivity index (χ0n) is 10.6. The third-order valence-electron chi connectivity index (χ3n) is 2.99. The van der Waals surface area contributed by atoms with Gasteiger partial charge in [-0.25, -0.2) is 0 Å². The second kappa shape index (κ2) is 6.30. The molecule has 0 amide bonds. The smallest absolute Gasteiger partial charge is 0.274 e. The SMILES string of the molecule is O=C(CCc1c(Cl)cccc1[N+](=O)[O-])c1ccccc1. The molecule has 0 saturated heterocycles. The van der Waals surface area contributed by atoms with Crippen LogP contribution in [0, 0.1) is 10.1 Å². The summed E-state index contributed by atoms with van der Waals surface area (Å²) in [6.07, 6.45) is 0.443. The Morgan fingerprint density at radius 2 is 1.80 bits per heavy atom. The number of benzene rings is 2. The number of carbonyl (C=O) groups is 1. The van der Waals surface area contributed by atoms with E-state index in [2.05, 4.69) is 0 Å². The summed E-state index contributed by atoms with van der Waals surface area (Å²) >= 11 is 5.99. The lowest BCUT2D eigenvalue weighted by molar-refractivity contribution is -0.385. The van der Waals surface area contributed by atoms with Gasteiger partial charge in [0.1, 0.15) is 0 Å². The van der Waals surface area contributed by atoms with Crippen molar-refractivity contribution in [3.05, 3.63) is 74.8 Å². The van der Waals surface area contributed by atoms with Crippen LogP contribution in [-0.2, 0) is 6.42 Å². The molecule has 20 heavy (non-hydrogen) atoms. The van der Waals surface area contributed by atoms with Crippen LogP contribution in [0.25, 0.3) is 0 Å². The first-order valence-electron chi connectivity index (χ1n) is 6.09. The highest BCUT2D eigenvalue weighted by molar-refractivity contribution is 6.31. The molecular weight excluding hydrogens is 278 g/mol. The highest BCUT2D eigenvalue weighted by atomic mass is 35.5. The minimum atomic E-state index is -0.478. The van der Waals surface area contributed by atoms with Gasteiger partial charge in [-0.2, -0.15) is 0 Å². The quantitative estimate of drug-likeness (QED) is 0.474. The molecule has 0 aromatic heterocycles. The van der Waals surface area contributed by atoms with E-state index in [0.717, 1.165) is 0 Å². The number of halogens is 1. The molecule has 0 saturated carbocycles. The summed E-state index contributed by atoms with van der Waals surface area (Å²) in [5.41, 5.74) is 0.962. The van der Waals surface area contributed by atoms with Crippen molar-refractivity contribution in [1.29, 1.82) is 0 Å². The van der Waals surface area contributed by atoms with Gasteiger partial charge in [-0.1, -0.05) is 48.0 Å². The lowest BCUT2D eigenvalue weighted by Gasteiger charge is -2.05. The molecule has 0 atom stereocenters. The number of Topliss-reactive ketones (excluding diaryl/α,β-unsaturated/α-hetero) is 1. The van der Waals surface area contributed by atoms with Crippen LogP contribution in [-0.4, -0.2) is 10.7 Å². The van der Waals surface area contributed by atoms with Gasteiger partial charge >= 0.3 is 0 Å². The fourth-order valence-electron chi connectivity index (χ4n) is 1.97. The number of carbonyl (C=O) groups excluding carboxylic acids is 1. The van der Waals surface area contributed by atoms with Crippen molar-refractivity contribution >= 4 is 23.1 Å². The Hall–Kier alpha value is -2.20. The largest absolute Gasteiger partial charge is 0.294 e. The summed E-state index contributed by atoms with van der Waals surface area (Å²) in [6.45, 7) is 0. The number of ketones is 1. The topological polar surface area (TPSA) is 60.2 Å². The highest BCUT2D eigenvalue weighted by Gasteiger charge is 2.17. The molecule has 2 aromatic carbocycles. The number of hydrogen-bond donors (Lipinski definition) is 0. The zero-order valence-corrected chi connectivity index (χ0v) is 11.3. The van der Waals surface area contributed by atoms with Crippen LogP contribution in [0.15, 0.2) is 48.5 Å². The second-order valence-electron chi connectivity index (χ2n) is 4.28. The summed E-state index contributed by atoms with van der Waals surface area (Å²) in [5, 5.41) is 11.3. The predicted molar refractivity (Wildman–Crippen MR) is 77.2 cm³/mol. The van der Waals surface area contributed by atoms with Crippen molar-refractivity contribution in [1.82, 2.24) is 0 Å². The van der Waals surface area contributed by atoms with Crippen LogP contribution >= 0.6 is 11.6 Å².